The van der Waals surface area contributed by atoms with E-state index in [1.54, 1.807) is 0 Å². The minimum absolute atomic E-state index is 0.225. The maximum Gasteiger partial charge on any atom is 0.0794 e. The summed E-state index contributed by atoms with van der Waals surface area (Å²) in [6.07, 6.45) is 9.15. The molecule has 1 aromatic rings. The third kappa shape index (κ3) is 2.87. The minimum atomic E-state index is 0.225. The van der Waals surface area contributed by atoms with E-state index in [0.717, 1.165) is 11.8 Å². The monoisotopic (exact) mass is 278 g/mol. The van der Waals surface area contributed by atoms with Crippen molar-refractivity contribution in [3.05, 3.63) is 16.6 Å². The summed E-state index contributed by atoms with van der Waals surface area (Å²) in [7, 11) is 0. The Hall–Kier alpha value is -0.410. The summed E-state index contributed by atoms with van der Waals surface area (Å²) in [6, 6.07) is 0. The van der Waals surface area contributed by atoms with Gasteiger partial charge in [0.25, 0.3) is 0 Å². The summed E-state index contributed by atoms with van der Waals surface area (Å²) in [5.41, 5.74) is 2.71. The molecule has 0 saturated heterocycles. The zero-order chi connectivity index (χ0) is 13.5. The largest absolute Gasteiger partial charge is 0.311 e. The highest BCUT2D eigenvalue weighted by molar-refractivity contribution is 7.09. The fourth-order valence-electron chi connectivity index (χ4n) is 4.17. The van der Waals surface area contributed by atoms with Gasteiger partial charge in [-0.2, -0.15) is 0 Å². The number of nitrogens with one attached hydrogen (secondary N) is 1. The molecule has 3 unspecified atom stereocenters. The first-order chi connectivity index (χ1) is 8.97. The second kappa shape index (κ2) is 4.85. The summed E-state index contributed by atoms with van der Waals surface area (Å²) < 4.78 is 0. The SMILES string of the molecule is CC(C)(C)NCC1(Cc2cncs2)CC2CCC1C2. The fraction of sp³-hybridized carbons (Fsp3) is 0.812. The highest BCUT2D eigenvalue weighted by atomic mass is 32.1. The lowest BCUT2D eigenvalue weighted by molar-refractivity contribution is 0.144. The number of rotatable bonds is 4. The zero-order valence-corrected chi connectivity index (χ0v) is 13.2. The van der Waals surface area contributed by atoms with Crippen molar-refractivity contribution in [3.8, 4) is 0 Å². The van der Waals surface area contributed by atoms with Gasteiger partial charge in [0.05, 0.1) is 5.51 Å². The molecular weight excluding hydrogens is 252 g/mol. The summed E-state index contributed by atoms with van der Waals surface area (Å²) >= 11 is 1.83. The van der Waals surface area contributed by atoms with Crippen LogP contribution in [0, 0.1) is 17.3 Å². The van der Waals surface area contributed by atoms with Crippen molar-refractivity contribution in [2.24, 2.45) is 17.3 Å². The number of nitrogens with zero attached hydrogens (tertiary/aromatic N) is 1. The summed E-state index contributed by atoms with van der Waals surface area (Å²) in [6.45, 7) is 8.01. The second-order valence-electron chi connectivity index (χ2n) is 7.69. The van der Waals surface area contributed by atoms with E-state index in [1.165, 1.54) is 43.5 Å². The zero-order valence-electron chi connectivity index (χ0n) is 12.4. The highest BCUT2D eigenvalue weighted by Gasteiger charge is 2.50. The molecule has 2 saturated carbocycles. The van der Waals surface area contributed by atoms with E-state index in [4.69, 9.17) is 0 Å². The van der Waals surface area contributed by atoms with Crippen LogP contribution >= 0.6 is 11.3 Å². The van der Waals surface area contributed by atoms with Crippen molar-refractivity contribution in [1.82, 2.24) is 10.3 Å². The number of thiazole rings is 1. The average Bonchev–Trinajstić information content (AvgIpc) is 3.01. The van der Waals surface area contributed by atoms with E-state index in [1.807, 2.05) is 16.8 Å². The molecule has 106 valence electrons. The van der Waals surface area contributed by atoms with Gasteiger partial charge in [0.15, 0.2) is 0 Å². The van der Waals surface area contributed by atoms with Gasteiger partial charge in [0.2, 0.25) is 0 Å². The molecular formula is C16H26N2S. The van der Waals surface area contributed by atoms with Crippen molar-refractivity contribution in [2.75, 3.05) is 6.54 Å². The van der Waals surface area contributed by atoms with Crippen LogP contribution in [0.15, 0.2) is 11.7 Å². The molecule has 1 N–H and O–H groups in total. The molecule has 2 aliphatic carbocycles. The lowest BCUT2D eigenvalue weighted by Crippen LogP contribution is -2.47. The molecule has 1 heterocycles. The summed E-state index contributed by atoms with van der Waals surface area (Å²) in [4.78, 5) is 5.74. The summed E-state index contributed by atoms with van der Waals surface area (Å²) in [5.74, 6) is 1.94. The van der Waals surface area contributed by atoms with Crippen LogP contribution in [-0.4, -0.2) is 17.1 Å². The third-order valence-electron chi connectivity index (χ3n) is 5.08. The predicted molar refractivity (Wildman–Crippen MR) is 81.5 cm³/mol. The van der Waals surface area contributed by atoms with Gasteiger partial charge < -0.3 is 5.32 Å². The first-order valence-electron chi connectivity index (χ1n) is 7.59. The van der Waals surface area contributed by atoms with Crippen LogP contribution in [0.1, 0.15) is 51.3 Å². The van der Waals surface area contributed by atoms with Crippen molar-refractivity contribution < 1.29 is 0 Å². The number of aromatic nitrogens is 1. The van der Waals surface area contributed by atoms with Gasteiger partial charge in [-0.15, -0.1) is 11.3 Å². The molecule has 3 rings (SSSR count). The Morgan fingerprint density at radius 1 is 1.42 bits per heavy atom. The number of hydrogen-bond acceptors (Lipinski definition) is 3. The molecule has 2 nitrogen and oxygen atoms in total. The second-order valence-corrected chi connectivity index (χ2v) is 8.66. The van der Waals surface area contributed by atoms with E-state index in [-0.39, 0.29) is 5.54 Å². The summed E-state index contributed by atoms with van der Waals surface area (Å²) in [5, 5.41) is 3.79. The molecule has 0 aliphatic heterocycles. The molecule has 1 aromatic heterocycles. The Bertz CT molecular complexity index is 420. The molecule has 3 atom stereocenters. The lowest BCUT2D eigenvalue weighted by Gasteiger charge is -2.40. The van der Waals surface area contributed by atoms with E-state index >= 15 is 0 Å². The maximum atomic E-state index is 4.26. The lowest BCUT2D eigenvalue weighted by atomic mass is 9.70. The molecule has 0 aromatic carbocycles. The Kier molecular flexibility index (Phi) is 3.46. The van der Waals surface area contributed by atoms with Crippen molar-refractivity contribution in [1.29, 1.82) is 0 Å². The van der Waals surface area contributed by atoms with Gasteiger partial charge in [0, 0.05) is 23.2 Å². The molecule has 0 spiro atoms. The van der Waals surface area contributed by atoms with E-state index in [0.29, 0.717) is 5.41 Å². The molecule has 2 aliphatic rings. The van der Waals surface area contributed by atoms with Gasteiger partial charge in [-0.25, -0.2) is 0 Å². The maximum absolute atomic E-state index is 4.26. The van der Waals surface area contributed by atoms with Crippen LogP contribution < -0.4 is 5.32 Å². The predicted octanol–water partition coefficient (Wildman–Crippen LogP) is 3.88. The molecule has 2 bridgehead atoms. The van der Waals surface area contributed by atoms with E-state index < -0.39 is 0 Å². The smallest absolute Gasteiger partial charge is 0.0794 e. The van der Waals surface area contributed by atoms with Gasteiger partial charge in [-0.3, -0.25) is 4.98 Å². The normalized spacial score (nSPS) is 34.1. The average molecular weight is 278 g/mol. The fourth-order valence-corrected chi connectivity index (χ4v) is 4.92. The van der Waals surface area contributed by atoms with Crippen molar-refractivity contribution in [3.63, 3.8) is 0 Å². The van der Waals surface area contributed by atoms with Crippen molar-refractivity contribution in [2.45, 2.75) is 58.4 Å². The first-order valence-corrected chi connectivity index (χ1v) is 8.47. The van der Waals surface area contributed by atoms with Crippen LogP contribution in [-0.2, 0) is 6.42 Å². The Morgan fingerprint density at radius 2 is 2.26 bits per heavy atom. The van der Waals surface area contributed by atoms with Crippen LogP contribution in [0.4, 0.5) is 0 Å². The quantitative estimate of drug-likeness (QED) is 0.904. The van der Waals surface area contributed by atoms with Crippen LogP contribution in [0.2, 0.25) is 0 Å². The Balaban J connectivity index is 1.76. The van der Waals surface area contributed by atoms with Crippen molar-refractivity contribution >= 4 is 11.3 Å². The Labute approximate surface area is 121 Å². The molecule has 3 heteroatoms. The van der Waals surface area contributed by atoms with E-state index in [2.05, 4.69) is 37.3 Å². The first kappa shape index (κ1) is 13.6. The van der Waals surface area contributed by atoms with E-state index in [9.17, 15) is 0 Å². The molecule has 0 amide bonds. The van der Waals surface area contributed by atoms with Crippen LogP contribution in [0.3, 0.4) is 0 Å². The van der Waals surface area contributed by atoms with Gasteiger partial charge >= 0.3 is 0 Å². The highest BCUT2D eigenvalue weighted by Crippen LogP contribution is 2.57. The number of fused-ring (bicyclic) bond motifs is 2. The number of hydrogen-bond donors (Lipinski definition) is 1. The standard InChI is InChI=1S/C16H26N2S/c1-15(2,3)18-10-16(8-14-9-17-11-19-14)7-12-4-5-13(16)6-12/h9,11-13,18H,4-8,10H2,1-3H3. The molecule has 2 fully saturated rings. The van der Waals surface area contributed by atoms with Gasteiger partial charge in [-0.1, -0.05) is 6.42 Å². The van der Waals surface area contributed by atoms with Crippen LogP contribution in [0.25, 0.3) is 0 Å². The molecule has 0 radical (unpaired) electrons. The molecule has 19 heavy (non-hydrogen) atoms. The minimum Gasteiger partial charge on any atom is -0.311 e. The Morgan fingerprint density at radius 3 is 2.79 bits per heavy atom. The van der Waals surface area contributed by atoms with Crippen LogP contribution in [0.5, 0.6) is 0 Å². The topological polar surface area (TPSA) is 24.9 Å². The third-order valence-corrected chi connectivity index (χ3v) is 5.86. The van der Waals surface area contributed by atoms with Gasteiger partial charge in [0.1, 0.15) is 0 Å². The van der Waals surface area contributed by atoms with Gasteiger partial charge in [-0.05, 0) is 63.7 Å².